The zero-order valence-electron chi connectivity index (χ0n) is 12.6. The van der Waals surface area contributed by atoms with E-state index in [1.807, 2.05) is 13.8 Å². The van der Waals surface area contributed by atoms with Crippen LogP contribution in [0.1, 0.15) is 27.7 Å². The van der Waals surface area contributed by atoms with Crippen LogP contribution in [0.15, 0.2) is 48.7 Å². The molecule has 0 aliphatic carbocycles. The van der Waals surface area contributed by atoms with Crippen molar-refractivity contribution >= 4 is 11.9 Å². The first-order valence-corrected chi connectivity index (χ1v) is 6.56. The number of aliphatic carboxylic acids is 1. The van der Waals surface area contributed by atoms with E-state index in [1.54, 1.807) is 32.1 Å². The molecule has 1 aliphatic heterocycles. The number of nitrogens with zero attached hydrogens (tertiary/aromatic N) is 1. The van der Waals surface area contributed by atoms with Gasteiger partial charge in [0.25, 0.3) is 0 Å². The van der Waals surface area contributed by atoms with Crippen LogP contribution in [0, 0.1) is 5.41 Å². The summed E-state index contributed by atoms with van der Waals surface area (Å²) >= 11 is 0. The summed E-state index contributed by atoms with van der Waals surface area (Å²) in [5.74, 6) is -1.28. The summed E-state index contributed by atoms with van der Waals surface area (Å²) < 4.78 is 0. The molecule has 0 atom stereocenters. The molecule has 4 heteroatoms. The molecule has 4 nitrogen and oxygen atoms in total. The average Bonchev–Trinajstić information content (AvgIpc) is 2.56. The summed E-state index contributed by atoms with van der Waals surface area (Å²) in [6.07, 6.45) is 6.50. The van der Waals surface area contributed by atoms with Crippen molar-refractivity contribution in [1.82, 2.24) is 4.90 Å². The fourth-order valence-electron chi connectivity index (χ4n) is 2.02. The van der Waals surface area contributed by atoms with Gasteiger partial charge >= 0.3 is 5.97 Å². The van der Waals surface area contributed by atoms with Crippen LogP contribution in [0.25, 0.3) is 0 Å². The second kappa shape index (κ2) is 7.48. The second-order valence-electron chi connectivity index (χ2n) is 4.51. The van der Waals surface area contributed by atoms with E-state index in [2.05, 4.69) is 13.2 Å². The fraction of sp³-hybridized carbons (Fsp3) is 0.375. The minimum atomic E-state index is -1.05. The summed E-state index contributed by atoms with van der Waals surface area (Å²) in [5.41, 5.74) is 0.573. The zero-order valence-corrected chi connectivity index (χ0v) is 12.6. The maximum Gasteiger partial charge on any atom is 0.323 e. The minimum Gasteiger partial charge on any atom is -0.480 e. The van der Waals surface area contributed by atoms with Crippen LogP contribution < -0.4 is 0 Å². The molecule has 110 valence electrons. The Bertz CT molecular complexity index is 470. The second-order valence-corrected chi connectivity index (χ2v) is 4.51. The Morgan fingerprint density at radius 2 is 1.75 bits per heavy atom. The third-order valence-electron chi connectivity index (χ3n) is 2.87. The minimum absolute atomic E-state index is 0.230. The van der Waals surface area contributed by atoms with Gasteiger partial charge in [-0.05, 0) is 25.5 Å². The summed E-state index contributed by atoms with van der Waals surface area (Å²) in [5, 5.41) is 8.88. The quantitative estimate of drug-likeness (QED) is 0.858. The molecule has 1 heterocycles. The van der Waals surface area contributed by atoms with E-state index in [0.29, 0.717) is 5.70 Å². The number of carboxylic acids is 1. The Morgan fingerprint density at radius 3 is 2.15 bits per heavy atom. The van der Waals surface area contributed by atoms with E-state index < -0.39 is 11.4 Å². The van der Waals surface area contributed by atoms with Gasteiger partial charge in [-0.3, -0.25) is 9.59 Å². The number of carbonyl (C=O) groups excluding carboxylic acids is 1. The molecule has 0 aromatic rings. The van der Waals surface area contributed by atoms with E-state index >= 15 is 0 Å². The lowest BCUT2D eigenvalue weighted by atomic mass is 9.85. The SMILES string of the molecule is C=C/C=C1\C(=C/C=C)N(CC(=O)O)C(=O)C1(C)C.CC. The molecule has 1 rings (SSSR count). The van der Waals surface area contributed by atoms with Crippen molar-refractivity contribution < 1.29 is 14.7 Å². The first kappa shape index (κ1) is 17.9. The Labute approximate surface area is 120 Å². The summed E-state index contributed by atoms with van der Waals surface area (Å²) in [4.78, 5) is 24.3. The van der Waals surface area contributed by atoms with Gasteiger partial charge in [0.1, 0.15) is 6.54 Å². The smallest absolute Gasteiger partial charge is 0.323 e. The maximum atomic E-state index is 12.2. The van der Waals surface area contributed by atoms with Gasteiger partial charge in [-0.1, -0.05) is 45.2 Å². The van der Waals surface area contributed by atoms with Gasteiger partial charge in [0.2, 0.25) is 5.91 Å². The third-order valence-corrected chi connectivity index (χ3v) is 2.87. The largest absolute Gasteiger partial charge is 0.480 e. The first-order valence-electron chi connectivity index (χ1n) is 6.56. The van der Waals surface area contributed by atoms with Gasteiger partial charge in [-0.2, -0.15) is 0 Å². The number of carboxylic acid groups (broad SMARTS) is 1. The lowest BCUT2D eigenvalue weighted by Crippen LogP contribution is -2.34. The predicted molar refractivity (Wildman–Crippen MR) is 81.0 cm³/mol. The van der Waals surface area contributed by atoms with E-state index in [-0.39, 0.29) is 12.5 Å². The molecular formula is C16H23NO3. The van der Waals surface area contributed by atoms with Crippen LogP contribution in [0.2, 0.25) is 0 Å². The fourth-order valence-corrected chi connectivity index (χ4v) is 2.02. The first-order chi connectivity index (χ1) is 9.36. The van der Waals surface area contributed by atoms with Crippen molar-refractivity contribution in [2.24, 2.45) is 5.41 Å². The number of hydrogen-bond acceptors (Lipinski definition) is 2. The molecular weight excluding hydrogens is 254 g/mol. The molecule has 1 saturated heterocycles. The zero-order chi connectivity index (χ0) is 15.9. The molecule has 0 saturated carbocycles. The molecule has 0 bridgehead atoms. The van der Waals surface area contributed by atoms with E-state index in [9.17, 15) is 9.59 Å². The Balaban J connectivity index is 0.00000172. The molecule has 20 heavy (non-hydrogen) atoms. The van der Waals surface area contributed by atoms with E-state index in [4.69, 9.17) is 5.11 Å². The van der Waals surface area contributed by atoms with Crippen molar-refractivity contribution in [1.29, 1.82) is 0 Å². The molecule has 0 radical (unpaired) electrons. The van der Waals surface area contributed by atoms with Crippen LogP contribution in [-0.2, 0) is 9.59 Å². The number of amides is 1. The molecule has 1 N–H and O–H groups in total. The number of rotatable bonds is 4. The van der Waals surface area contributed by atoms with E-state index in [1.165, 1.54) is 11.0 Å². The van der Waals surface area contributed by atoms with Crippen molar-refractivity contribution in [3.05, 3.63) is 48.7 Å². The van der Waals surface area contributed by atoms with Gasteiger partial charge in [0, 0.05) is 5.70 Å². The Kier molecular flexibility index (Phi) is 6.69. The van der Waals surface area contributed by atoms with Crippen LogP contribution >= 0.6 is 0 Å². The average molecular weight is 277 g/mol. The highest BCUT2D eigenvalue weighted by Crippen LogP contribution is 2.43. The number of hydrogen-bond donors (Lipinski definition) is 1. The van der Waals surface area contributed by atoms with Crippen LogP contribution in [0.4, 0.5) is 0 Å². The standard InChI is InChI=1S/C14H17NO3.C2H6/c1-5-7-10-11(8-6-2)15(9-12(16)17)13(18)14(10,3)4;1-2/h5-8H,1-2,9H2,3-4H3,(H,16,17);1-2H3/b10-7+,11-8+;. The summed E-state index contributed by atoms with van der Waals surface area (Å²) in [7, 11) is 0. The van der Waals surface area contributed by atoms with Gasteiger partial charge in [-0.15, -0.1) is 0 Å². The topological polar surface area (TPSA) is 57.6 Å². The lowest BCUT2D eigenvalue weighted by Gasteiger charge is -2.17. The van der Waals surface area contributed by atoms with Crippen molar-refractivity contribution in [3.8, 4) is 0 Å². The monoisotopic (exact) mass is 277 g/mol. The van der Waals surface area contributed by atoms with Gasteiger partial charge in [0.15, 0.2) is 0 Å². The van der Waals surface area contributed by atoms with Crippen molar-refractivity contribution in [3.63, 3.8) is 0 Å². The van der Waals surface area contributed by atoms with Crippen molar-refractivity contribution in [2.75, 3.05) is 6.54 Å². The molecule has 1 aliphatic rings. The highest BCUT2D eigenvalue weighted by Gasteiger charge is 2.46. The third kappa shape index (κ3) is 3.47. The lowest BCUT2D eigenvalue weighted by molar-refractivity contribution is -0.144. The Hall–Kier alpha value is -2.10. The highest BCUT2D eigenvalue weighted by molar-refractivity contribution is 5.95. The highest BCUT2D eigenvalue weighted by atomic mass is 16.4. The van der Waals surface area contributed by atoms with Gasteiger partial charge in [-0.25, -0.2) is 0 Å². The van der Waals surface area contributed by atoms with Crippen LogP contribution in [0.5, 0.6) is 0 Å². The van der Waals surface area contributed by atoms with Crippen molar-refractivity contribution in [2.45, 2.75) is 27.7 Å². The molecule has 0 aromatic carbocycles. The number of likely N-dealkylation sites (tertiary alicyclic amines) is 1. The Morgan fingerprint density at radius 1 is 1.25 bits per heavy atom. The normalized spacial score (nSPS) is 20.6. The van der Waals surface area contributed by atoms with E-state index in [0.717, 1.165) is 5.57 Å². The van der Waals surface area contributed by atoms with Crippen LogP contribution in [-0.4, -0.2) is 28.4 Å². The van der Waals surface area contributed by atoms with Gasteiger partial charge in [0.05, 0.1) is 5.41 Å². The molecule has 0 unspecified atom stereocenters. The molecule has 0 aromatic heterocycles. The molecule has 1 amide bonds. The predicted octanol–water partition coefficient (Wildman–Crippen LogP) is 3.15. The maximum absolute atomic E-state index is 12.2. The summed E-state index contributed by atoms with van der Waals surface area (Å²) in [6, 6.07) is 0. The molecule has 0 spiro atoms. The number of allylic oxidation sites excluding steroid dienone is 5. The molecule has 1 fully saturated rings. The van der Waals surface area contributed by atoms with Gasteiger partial charge < -0.3 is 10.0 Å². The van der Waals surface area contributed by atoms with Crippen LogP contribution in [0.3, 0.4) is 0 Å². The summed E-state index contributed by atoms with van der Waals surface area (Å²) in [6.45, 7) is 14.4. The number of carbonyl (C=O) groups is 2.